The van der Waals surface area contributed by atoms with Gasteiger partial charge in [0, 0.05) is 31.0 Å². The Hall–Kier alpha value is -2.34. The fourth-order valence-electron chi connectivity index (χ4n) is 2.88. The molecule has 1 aliphatic rings. The van der Waals surface area contributed by atoms with Crippen molar-refractivity contribution in [1.29, 1.82) is 0 Å². The van der Waals surface area contributed by atoms with Gasteiger partial charge in [0.1, 0.15) is 5.69 Å². The van der Waals surface area contributed by atoms with Crippen molar-refractivity contribution in [3.63, 3.8) is 0 Å². The van der Waals surface area contributed by atoms with E-state index in [9.17, 15) is 14.0 Å². The van der Waals surface area contributed by atoms with Gasteiger partial charge in [0.05, 0.1) is 17.6 Å². The molecule has 0 fully saturated rings. The minimum atomic E-state index is -0.595. The van der Waals surface area contributed by atoms with Gasteiger partial charge < -0.3 is 14.6 Å². The van der Waals surface area contributed by atoms with E-state index in [0.717, 1.165) is 0 Å². The maximum atomic E-state index is 15.0. The number of aromatic nitrogens is 1. The van der Waals surface area contributed by atoms with E-state index >= 15 is 0 Å². The lowest BCUT2D eigenvalue weighted by atomic mass is 9.99. The molecule has 0 saturated carbocycles. The number of hydrogen-bond donors (Lipinski definition) is 1. The highest BCUT2D eigenvalue weighted by molar-refractivity contribution is 6.35. The summed E-state index contributed by atoms with van der Waals surface area (Å²) in [7, 11) is 1.25. The number of rotatable bonds is 2. The monoisotopic (exact) mass is 350 g/mol. The minimum Gasteiger partial charge on any atom is -0.464 e. The van der Waals surface area contributed by atoms with Gasteiger partial charge in [-0.1, -0.05) is 17.7 Å². The lowest BCUT2D eigenvalue weighted by molar-refractivity contribution is -0.128. The molecule has 126 valence electrons. The average molecular weight is 351 g/mol. The Labute approximate surface area is 143 Å². The van der Waals surface area contributed by atoms with E-state index in [1.807, 2.05) is 6.08 Å². The highest BCUT2D eigenvalue weighted by Gasteiger charge is 2.22. The molecule has 0 spiro atoms. The molecule has 1 aliphatic heterocycles. The maximum absolute atomic E-state index is 15.0. The number of benzene rings is 1. The second-order valence-corrected chi connectivity index (χ2v) is 6.05. The van der Waals surface area contributed by atoms with Crippen LogP contribution in [0.2, 0.25) is 5.02 Å². The molecule has 1 aromatic carbocycles. The molecule has 0 radical (unpaired) electrons. The van der Waals surface area contributed by atoms with Gasteiger partial charge in [0.25, 0.3) is 0 Å². The first-order valence-corrected chi connectivity index (χ1v) is 7.84. The predicted molar refractivity (Wildman–Crippen MR) is 89.5 cm³/mol. The molecule has 3 rings (SSSR count). The van der Waals surface area contributed by atoms with Crippen LogP contribution < -0.4 is 0 Å². The van der Waals surface area contributed by atoms with Crippen LogP contribution >= 0.6 is 11.6 Å². The highest BCUT2D eigenvalue weighted by Crippen LogP contribution is 2.34. The van der Waals surface area contributed by atoms with E-state index in [1.165, 1.54) is 26.2 Å². The minimum absolute atomic E-state index is 0.0546. The number of carbonyl (C=O) groups is 2. The number of nitrogens with one attached hydrogen (secondary N) is 1. The molecular formula is C17H16ClFN2O3. The van der Waals surface area contributed by atoms with E-state index in [4.69, 9.17) is 11.6 Å². The van der Waals surface area contributed by atoms with Crippen molar-refractivity contribution in [3.05, 3.63) is 40.3 Å². The molecule has 1 N–H and O–H groups in total. The van der Waals surface area contributed by atoms with E-state index in [0.29, 0.717) is 41.1 Å². The van der Waals surface area contributed by atoms with Crippen molar-refractivity contribution < 1.29 is 18.7 Å². The summed E-state index contributed by atoms with van der Waals surface area (Å²) in [4.78, 5) is 27.6. The van der Waals surface area contributed by atoms with Crippen LogP contribution in [0.1, 0.15) is 29.4 Å². The smallest absolute Gasteiger partial charge is 0.354 e. The van der Waals surface area contributed by atoms with E-state index < -0.39 is 11.8 Å². The number of nitrogens with zero attached hydrogens (tertiary/aromatic N) is 1. The molecule has 0 unspecified atom stereocenters. The SMILES string of the molecule is COC(=O)c1cc2c(Cl)cc(C3=CCCN(C(C)=O)C3)c(F)c2[nH]1. The number of methoxy groups -OCH3 is 1. The Bertz CT molecular complexity index is 872. The molecule has 0 aliphatic carbocycles. The first kappa shape index (κ1) is 16.5. The summed E-state index contributed by atoms with van der Waals surface area (Å²) in [6, 6.07) is 3.00. The number of H-pyrrole nitrogens is 1. The summed E-state index contributed by atoms with van der Waals surface area (Å²) in [5, 5.41) is 0.742. The van der Waals surface area contributed by atoms with Crippen molar-refractivity contribution in [1.82, 2.24) is 9.88 Å². The van der Waals surface area contributed by atoms with Crippen molar-refractivity contribution in [2.45, 2.75) is 13.3 Å². The molecule has 2 aromatic rings. The molecule has 24 heavy (non-hydrogen) atoms. The molecule has 2 heterocycles. The van der Waals surface area contributed by atoms with Crippen LogP contribution in [0.25, 0.3) is 16.5 Å². The van der Waals surface area contributed by atoms with Crippen LogP contribution in [0.3, 0.4) is 0 Å². The zero-order valence-corrected chi connectivity index (χ0v) is 14.0. The van der Waals surface area contributed by atoms with Gasteiger partial charge in [-0.15, -0.1) is 0 Å². The first-order valence-electron chi connectivity index (χ1n) is 7.46. The van der Waals surface area contributed by atoms with Gasteiger partial charge >= 0.3 is 5.97 Å². The van der Waals surface area contributed by atoms with Gasteiger partial charge in [-0.05, 0) is 24.1 Å². The van der Waals surface area contributed by atoms with Gasteiger partial charge in [-0.25, -0.2) is 9.18 Å². The van der Waals surface area contributed by atoms with Gasteiger partial charge in [-0.2, -0.15) is 0 Å². The average Bonchev–Trinajstić information content (AvgIpc) is 3.03. The number of hydrogen-bond acceptors (Lipinski definition) is 3. The van der Waals surface area contributed by atoms with Crippen molar-refractivity contribution in [3.8, 4) is 0 Å². The molecule has 5 nitrogen and oxygen atoms in total. The van der Waals surface area contributed by atoms with E-state index in [-0.39, 0.29) is 17.1 Å². The third-order valence-electron chi connectivity index (χ3n) is 4.15. The second kappa shape index (κ2) is 6.28. The molecular weight excluding hydrogens is 335 g/mol. The van der Waals surface area contributed by atoms with Crippen LogP contribution in [0, 0.1) is 5.82 Å². The summed E-state index contributed by atoms with van der Waals surface area (Å²) in [5.74, 6) is -1.15. The van der Waals surface area contributed by atoms with E-state index in [2.05, 4.69) is 9.72 Å². The quantitative estimate of drug-likeness (QED) is 0.844. The van der Waals surface area contributed by atoms with Crippen LogP contribution in [0.5, 0.6) is 0 Å². The standard InChI is InChI=1S/C17H16ClFN2O3/c1-9(22)21-5-3-4-10(8-21)11-6-13(18)12-7-14(17(23)24-2)20-16(12)15(11)19/h4,6-7,20H,3,5,8H2,1-2H3. The second-order valence-electron chi connectivity index (χ2n) is 5.64. The summed E-state index contributed by atoms with van der Waals surface area (Å²) in [5.41, 5.74) is 1.32. The lowest BCUT2D eigenvalue weighted by Gasteiger charge is -2.26. The number of amides is 1. The molecule has 1 aromatic heterocycles. The van der Waals surface area contributed by atoms with Crippen molar-refractivity contribution in [2.75, 3.05) is 20.2 Å². The Kier molecular flexibility index (Phi) is 4.32. The maximum Gasteiger partial charge on any atom is 0.354 e. The molecule has 0 bridgehead atoms. The summed E-state index contributed by atoms with van der Waals surface area (Å²) in [6.45, 7) is 2.44. The normalized spacial score (nSPS) is 14.7. The summed E-state index contributed by atoms with van der Waals surface area (Å²) >= 11 is 6.27. The molecule has 7 heteroatoms. The fraction of sp³-hybridized carbons (Fsp3) is 0.294. The number of aromatic amines is 1. The number of halogens is 2. The third kappa shape index (κ3) is 2.78. The number of esters is 1. The van der Waals surface area contributed by atoms with Crippen molar-refractivity contribution in [2.24, 2.45) is 0 Å². The summed E-state index contributed by atoms with van der Waals surface area (Å²) in [6.07, 6.45) is 2.56. The fourth-order valence-corrected chi connectivity index (χ4v) is 3.14. The van der Waals surface area contributed by atoms with Crippen LogP contribution in [-0.4, -0.2) is 42.0 Å². The molecule has 1 amide bonds. The largest absolute Gasteiger partial charge is 0.464 e. The molecule has 0 atom stereocenters. The number of ether oxygens (including phenoxy) is 1. The van der Waals surface area contributed by atoms with Gasteiger partial charge in [0.15, 0.2) is 5.82 Å². The Morgan fingerprint density at radius 3 is 2.79 bits per heavy atom. The Morgan fingerprint density at radius 1 is 1.38 bits per heavy atom. The molecule has 0 saturated heterocycles. The topological polar surface area (TPSA) is 62.4 Å². The van der Waals surface area contributed by atoms with Crippen LogP contribution in [0.4, 0.5) is 4.39 Å². The Balaban J connectivity index is 2.09. The highest BCUT2D eigenvalue weighted by atomic mass is 35.5. The lowest BCUT2D eigenvalue weighted by Crippen LogP contribution is -2.33. The zero-order chi connectivity index (χ0) is 17.4. The summed E-state index contributed by atoms with van der Waals surface area (Å²) < 4.78 is 19.6. The van der Waals surface area contributed by atoms with Crippen molar-refractivity contribution >= 4 is 40.0 Å². The van der Waals surface area contributed by atoms with Crippen LogP contribution in [-0.2, 0) is 9.53 Å². The van der Waals surface area contributed by atoms with E-state index in [1.54, 1.807) is 4.90 Å². The van der Waals surface area contributed by atoms with Crippen LogP contribution in [0.15, 0.2) is 18.2 Å². The Morgan fingerprint density at radius 2 is 2.12 bits per heavy atom. The van der Waals surface area contributed by atoms with Gasteiger partial charge in [-0.3, -0.25) is 4.79 Å². The first-order chi connectivity index (χ1) is 11.4. The zero-order valence-electron chi connectivity index (χ0n) is 13.3. The predicted octanol–water partition coefficient (Wildman–Crippen LogP) is 3.38. The third-order valence-corrected chi connectivity index (χ3v) is 4.46. The number of fused-ring (bicyclic) bond motifs is 1. The van der Waals surface area contributed by atoms with Gasteiger partial charge in [0.2, 0.25) is 5.91 Å². The number of carbonyl (C=O) groups excluding carboxylic acids is 2.